The van der Waals surface area contributed by atoms with E-state index in [1.54, 1.807) is 19.1 Å². The Morgan fingerprint density at radius 3 is 2.65 bits per heavy atom. The van der Waals surface area contributed by atoms with Crippen molar-refractivity contribution in [2.45, 2.75) is 24.8 Å². The van der Waals surface area contributed by atoms with E-state index in [9.17, 15) is 8.42 Å². The van der Waals surface area contributed by atoms with Gasteiger partial charge in [-0.05, 0) is 31.2 Å². The average Bonchev–Trinajstić information content (AvgIpc) is 2.48. The summed E-state index contributed by atoms with van der Waals surface area (Å²) in [5.74, 6) is 6.27. The number of sulfone groups is 1. The van der Waals surface area contributed by atoms with Gasteiger partial charge in [-0.3, -0.25) is 0 Å². The van der Waals surface area contributed by atoms with E-state index in [0.717, 1.165) is 25.3 Å². The molecule has 0 aromatic heterocycles. The lowest BCUT2D eigenvalue weighted by atomic mass is 10.1. The van der Waals surface area contributed by atoms with E-state index >= 15 is 0 Å². The van der Waals surface area contributed by atoms with Crippen LogP contribution in [0.4, 0.5) is 5.69 Å². The number of benzene rings is 1. The van der Waals surface area contributed by atoms with E-state index in [4.69, 9.17) is 0 Å². The summed E-state index contributed by atoms with van der Waals surface area (Å²) in [5.41, 5.74) is 1.02. The fraction of sp³-hybridized carbons (Fsp3) is 0.467. The molecule has 0 aliphatic carbocycles. The van der Waals surface area contributed by atoms with Crippen molar-refractivity contribution < 1.29 is 8.42 Å². The Morgan fingerprint density at radius 1 is 1.35 bits per heavy atom. The largest absolute Gasteiger partial charge is 0.355 e. The second-order valence-electron chi connectivity index (χ2n) is 4.70. The Labute approximate surface area is 121 Å². The second kappa shape index (κ2) is 6.29. The maximum absolute atomic E-state index is 11.8. The minimum absolute atomic E-state index is 0.129. The van der Waals surface area contributed by atoms with Gasteiger partial charge in [-0.1, -0.05) is 12.8 Å². The highest BCUT2D eigenvalue weighted by Gasteiger charge is 2.21. The predicted octanol–water partition coefficient (Wildman–Crippen LogP) is 1.28. The van der Waals surface area contributed by atoms with Gasteiger partial charge in [-0.25, -0.2) is 8.42 Å². The Hall–Kier alpha value is -1.51. The number of hydrogen-bond acceptors (Lipinski definition) is 4. The van der Waals surface area contributed by atoms with Crippen molar-refractivity contribution in [2.75, 3.05) is 30.3 Å². The quantitative estimate of drug-likeness (QED) is 0.853. The van der Waals surface area contributed by atoms with Gasteiger partial charge in [0, 0.05) is 25.3 Å². The van der Waals surface area contributed by atoms with E-state index < -0.39 is 9.84 Å². The first-order valence-electron chi connectivity index (χ1n) is 6.81. The molecule has 1 aliphatic rings. The molecule has 1 heterocycles. The molecule has 1 N–H and O–H groups in total. The SMILES string of the molecule is CC#C[C@H]1CNCCN1c1ccc(S(=O)(=O)CC)cc1. The third-order valence-corrected chi connectivity index (χ3v) is 5.21. The molecule has 0 unspecified atom stereocenters. The van der Waals surface area contributed by atoms with Gasteiger partial charge in [0.05, 0.1) is 10.6 Å². The number of anilines is 1. The zero-order valence-electron chi connectivity index (χ0n) is 11.9. The first-order chi connectivity index (χ1) is 9.58. The molecule has 0 spiro atoms. The molecule has 1 aliphatic heterocycles. The molecule has 0 amide bonds. The van der Waals surface area contributed by atoms with Crippen LogP contribution in [-0.4, -0.2) is 39.8 Å². The van der Waals surface area contributed by atoms with Gasteiger partial charge in [0.15, 0.2) is 9.84 Å². The number of piperazine rings is 1. The summed E-state index contributed by atoms with van der Waals surface area (Å²) < 4.78 is 23.6. The van der Waals surface area contributed by atoms with Gasteiger partial charge in [-0.15, -0.1) is 5.92 Å². The lowest BCUT2D eigenvalue weighted by Crippen LogP contribution is -2.50. The summed E-state index contributed by atoms with van der Waals surface area (Å²) in [4.78, 5) is 2.60. The van der Waals surface area contributed by atoms with Gasteiger partial charge in [0.25, 0.3) is 0 Å². The third-order valence-electron chi connectivity index (χ3n) is 3.46. The number of nitrogens with one attached hydrogen (secondary N) is 1. The van der Waals surface area contributed by atoms with E-state index in [1.807, 2.05) is 19.1 Å². The van der Waals surface area contributed by atoms with Crippen LogP contribution in [-0.2, 0) is 9.84 Å². The lowest BCUT2D eigenvalue weighted by Gasteiger charge is -2.35. The summed E-state index contributed by atoms with van der Waals surface area (Å²) in [6.45, 7) is 6.11. The standard InChI is InChI=1S/C15H20N2O2S/c1-3-5-14-12-16-10-11-17(14)13-6-8-15(9-7-13)20(18,19)4-2/h6-9,14,16H,4,10-12H2,1-2H3/t14-/m0/s1. The third kappa shape index (κ3) is 3.14. The van der Waals surface area contributed by atoms with Crippen LogP contribution in [0.3, 0.4) is 0 Å². The molecule has 1 saturated heterocycles. The molecule has 0 bridgehead atoms. The highest BCUT2D eigenvalue weighted by atomic mass is 32.2. The number of rotatable bonds is 3. The van der Waals surface area contributed by atoms with Crippen LogP contribution in [0.5, 0.6) is 0 Å². The van der Waals surface area contributed by atoms with Crippen molar-refractivity contribution in [1.82, 2.24) is 5.32 Å². The topological polar surface area (TPSA) is 49.4 Å². The molecule has 0 radical (unpaired) electrons. The van der Waals surface area contributed by atoms with Crippen LogP contribution >= 0.6 is 0 Å². The second-order valence-corrected chi connectivity index (χ2v) is 6.98. The van der Waals surface area contributed by atoms with Gasteiger partial charge in [-0.2, -0.15) is 0 Å². The number of hydrogen-bond donors (Lipinski definition) is 1. The normalized spacial score (nSPS) is 19.3. The van der Waals surface area contributed by atoms with E-state index in [-0.39, 0.29) is 11.8 Å². The molecular weight excluding hydrogens is 272 g/mol. The highest BCUT2D eigenvalue weighted by molar-refractivity contribution is 7.91. The fourth-order valence-electron chi connectivity index (χ4n) is 2.32. The van der Waals surface area contributed by atoms with Crippen molar-refractivity contribution in [3.63, 3.8) is 0 Å². The molecule has 20 heavy (non-hydrogen) atoms. The summed E-state index contributed by atoms with van der Waals surface area (Å²) >= 11 is 0. The van der Waals surface area contributed by atoms with Crippen molar-refractivity contribution in [3.05, 3.63) is 24.3 Å². The van der Waals surface area contributed by atoms with Gasteiger partial charge in [0.2, 0.25) is 0 Å². The smallest absolute Gasteiger partial charge is 0.178 e. The Kier molecular flexibility index (Phi) is 4.69. The summed E-state index contributed by atoms with van der Waals surface area (Å²) in [6.07, 6.45) is 0. The van der Waals surface area contributed by atoms with Crippen LogP contribution in [0.1, 0.15) is 13.8 Å². The molecule has 2 rings (SSSR count). The van der Waals surface area contributed by atoms with Crippen molar-refractivity contribution in [3.8, 4) is 11.8 Å². The maximum Gasteiger partial charge on any atom is 0.178 e. The van der Waals surface area contributed by atoms with E-state index in [2.05, 4.69) is 22.1 Å². The molecule has 108 valence electrons. The minimum Gasteiger partial charge on any atom is -0.355 e. The highest BCUT2D eigenvalue weighted by Crippen LogP contribution is 2.21. The van der Waals surface area contributed by atoms with Crippen LogP contribution in [0.2, 0.25) is 0 Å². The monoisotopic (exact) mass is 292 g/mol. The molecule has 1 fully saturated rings. The molecular formula is C15H20N2O2S. The summed E-state index contributed by atoms with van der Waals surface area (Å²) in [5, 5.41) is 3.32. The summed E-state index contributed by atoms with van der Waals surface area (Å²) in [6, 6.07) is 7.26. The lowest BCUT2D eigenvalue weighted by molar-refractivity contribution is 0.538. The van der Waals surface area contributed by atoms with Crippen LogP contribution < -0.4 is 10.2 Å². The van der Waals surface area contributed by atoms with Crippen LogP contribution in [0.15, 0.2) is 29.2 Å². The maximum atomic E-state index is 11.8. The van der Waals surface area contributed by atoms with Crippen LogP contribution in [0.25, 0.3) is 0 Å². The van der Waals surface area contributed by atoms with Gasteiger partial charge in [0.1, 0.15) is 6.04 Å². The molecule has 1 aromatic carbocycles. The van der Waals surface area contributed by atoms with Gasteiger partial charge >= 0.3 is 0 Å². The zero-order chi connectivity index (χ0) is 14.6. The Bertz CT molecular complexity index is 612. The van der Waals surface area contributed by atoms with E-state index in [1.165, 1.54) is 0 Å². The van der Waals surface area contributed by atoms with Crippen LogP contribution in [0, 0.1) is 11.8 Å². The van der Waals surface area contributed by atoms with Crippen molar-refractivity contribution in [2.24, 2.45) is 0 Å². The first-order valence-corrected chi connectivity index (χ1v) is 8.46. The molecule has 1 aromatic rings. The number of nitrogens with zero attached hydrogens (tertiary/aromatic N) is 1. The molecule has 4 nitrogen and oxygen atoms in total. The average molecular weight is 292 g/mol. The molecule has 5 heteroatoms. The molecule has 1 atom stereocenters. The first kappa shape index (κ1) is 14.9. The minimum atomic E-state index is -3.13. The van der Waals surface area contributed by atoms with E-state index in [0.29, 0.717) is 4.90 Å². The van der Waals surface area contributed by atoms with Gasteiger partial charge < -0.3 is 10.2 Å². The Morgan fingerprint density at radius 2 is 2.05 bits per heavy atom. The zero-order valence-corrected chi connectivity index (χ0v) is 12.7. The van der Waals surface area contributed by atoms with Crippen molar-refractivity contribution in [1.29, 1.82) is 0 Å². The summed E-state index contributed by atoms with van der Waals surface area (Å²) in [7, 11) is -3.13. The molecule has 0 saturated carbocycles. The predicted molar refractivity (Wildman–Crippen MR) is 81.6 cm³/mol. The Balaban J connectivity index is 2.26. The fourth-order valence-corrected chi connectivity index (χ4v) is 3.20. The van der Waals surface area contributed by atoms with Crippen molar-refractivity contribution >= 4 is 15.5 Å².